The molecule has 0 atom stereocenters. The highest BCUT2D eigenvalue weighted by atomic mass is 32.2. The first-order valence-electron chi connectivity index (χ1n) is 6.89. The van der Waals surface area contributed by atoms with E-state index in [4.69, 9.17) is 0 Å². The van der Waals surface area contributed by atoms with Crippen molar-refractivity contribution >= 4 is 18.0 Å². The quantitative estimate of drug-likeness (QED) is 0.534. The zero-order valence-electron chi connectivity index (χ0n) is 12.1. The molecule has 0 aliphatic heterocycles. The van der Waals surface area contributed by atoms with E-state index in [1.165, 1.54) is 5.56 Å². The summed E-state index contributed by atoms with van der Waals surface area (Å²) in [5, 5.41) is 5.38. The lowest BCUT2D eigenvalue weighted by molar-refractivity contribution is 0.112. The van der Waals surface area contributed by atoms with E-state index < -0.39 is 0 Å². The molecule has 3 aromatic rings. The Morgan fingerprint density at radius 2 is 1.86 bits per heavy atom. The van der Waals surface area contributed by atoms with E-state index in [0.29, 0.717) is 11.3 Å². The van der Waals surface area contributed by atoms with E-state index in [9.17, 15) is 4.79 Å². The Labute approximate surface area is 133 Å². The molecule has 0 fully saturated rings. The summed E-state index contributed by atoms with van der Waals surface area (Å²) < 4.78 is 1.77. The largest absolute Gasteiger partial charge is 0.298 e. The first-order valence-corrected chi connectivity index (χ1v) is 7.87. The lowest BCUT2D eigenvalue weighted by Crippen LogP contribution is -1.94. The van der Waals surface area contributed by atoms with Crippen molar-refractivity contribution in [1.82, 2.24) is 14.8 Å². The molecule has 1 aromatic carbocycles. The predicted octanol–water partition coefficient (Wildman–Crippen LogP) is 3.59. The number of aromatic nitrogens is 3. The van der Waals surface area contributed by atoms with E-state index in [0.717, 1.165) is 22.6 Å². The number of carbonyl (C=O) groups excluding carboxylic acids is 1. The summed E-state index contributed by atoms with van der Waals surface area (Å²) in [6.07, 6.45) is 4.29. The summed E-state index contributed by atoms with van der Waals surface area (Å²) >= 11 is 1.62. The average Bonchev–Trinajstić information content (AvgIpc) is 2.90. The van der Waals surface area contributed by atoms with Gasteiger partial charge in [-0.3, -0.25) is 14.5 Å². The van der Waals surface area contributed by atoms with Gasteiger partial charge in [0.1, 0.15) is 10.7 Å². The second-order valence-electron chi connectivity index (χ2n) is 4.82. The van der Waals surface area contributed by atoms with Gasteiger partial charge in [-0.15, -0.1) is 11.8 Å². The van der Waals surface area contributed by atoms with Crippen molar-refractivity contribution in [2.24, 2.45) is 7.05 Å². The zero-order chi connectivity index (χ0) is 15.4. The highest BCUT2D eigenvalue weighted by molar-refractivity contribution is 7.98. The monoisotopic (exact) mass is 309 g/mol. The van der Waals surface area contributed by atoms with Crippen molar-refractivity contribution in [3.05, 3.63) is 66.0 Å². The summed E-state index contributed by atoms with van der Waals surface area (Å²) in [6, 6.07) is 13.9. The van der Waals surface area contributed by atoms with Crippen molar-refractivity contribution < 1.29 is 4.79 Å². The van der Waals surface area contributed by atoms with E-state index in [-0.39, 0.29) is 0 Å². The van der Waals surface area contributed by atoms with Crippen molar-refractivity contribution in [2.75, 3.05) is 0 Å². The number of benzene rings is 1. The maximum absolute atomic E-state index is 11.6. The minimum atomic E-state index is 0.634. The Bertz CT molecular complexity index is 769. The van der Waals surface area contributed by atoms with Gasteiger partial charge in [0, 0.05) is 30.8 Å². The number of aldehydes is 1. The third-order valence-corrected chi connectivity index (χ3v) is 4.55. The third-order valence-electron chi connectivity index (χ3n) is 3.32. The van der Waals surface area contributed by atoms with Crippen LogP contribution in [0.15, 0.2) is 59.9 Å². The van der Waals surface area contributed by atoms with Crippen molar-refractivity contribution in [1.29, 1.82) is 0 Å². The molecular weight excluding hydrogens is 294 g/mol. The minimum absolute atomic E-state index is 0.634. The molecule has 3 rings (SSSR count). The smallest absolute Gasteiger partial charge is 0.155 e. The predicted molar refractivity (Wildman–Crippen MR) is 87.8 cm³/mol. The van der Waals surface area contributed by atoms with Crippen LogP contribution in [0.2, 0.25) is 0 Å². The second-order valence-corrected chi connectivity index (χ2v) is 5.78. The first kappa shape index (κ1) is 14.5. The average molecular weight is 309 g/mol. The maximum atomic E-state index is 11.6. The fourth-order valence-corrected chi connectivity index (χ4v) is 3.28. The first-order chi connectivity index (χ1) is 10.8. The summed E-state index contributed by atoms with van der Waals surface area (Å²) in [5.74, 6) is 0.803. The van der Waals surface area contributed by atoms with Crippen LogP contribution in [0.5, 0.6) is 0 Å². The fourth-order valence-electron chi connectivity index (χ4n) is 2.25. The Hall–Kier alpha value is -2.40. The van der Waals surface area contributed by atoms with Crippen LogP contribution in [-0.2, 0) is 12.8 Å². The summed E-state index contributed by atoms with van der Waals surface area (Å²) in [6.45, 7) is 0. The van der Waals surface area contributed by atoms with Crippen LogP contribution in [0.3, 0.4) is 0 Å². The lowest BCUT2D eigenvalue weighted by atomic mass is 10.1. The molecule has 110 valence electrons. The topological polar surface area (TPSA) is 47.8 Å². The third kappa shape index (κ3) is 2.94. The summed E-state index contributed by atoms with van der Waals surface area (Å²) in [5.41, 5.74) is 3.46. The van der Waals surface area contributed by atoms with Gasteiger partial charge in [-0.2, -0.15) is 5.10 Å². The molecule has 0 unspecified atom stereocenters. The molecular formula is C17H15N3OS. The number of hydrogen-bond donors (Lipinski definition) is 0. The summed E-state index contributed by atoms with van der Waals surface area (Å²) in [4.78, 5) is 15.6. The molecule has 22 heavy (non-hydrogen) atoms. The molecule has 2 aromatic heterocycles. The van der Waals surface area contributed by atoms with E-state index in [1.807, 2.05) is 37.4 Å². The van der Waals surface area contributed by atoms with Crippen LogP contribution in [0.25, 0.3) is 11.3 Å². The molecule has 0 N–H and O–H groups in total. The van der Waals surface area contributed by atoms with Gasteiger partial charge in [-0.25, -0.2) is 0 Å². The van der Waals surface area contributed by atoms with Gasteiger partial charge in [0.25, 0.3) is 0 Å². The Kier molecular flexibility index (Phi) is 4.34. The van der Waals surface area contributed by atoms with Crippen LogP contribution in [-0.4, -0.2) is 21.1 Å². The van der Waals surface area contributed by atoms with Crippen molar-refractivity contribution in [3.63, 3.8) is 0 Å². The number of rotatable bonds is 5. The van der Waals surface area contributed by atoms with Crippen LogP contribution < -0.4 is 0 Å². The number of hydrogen-bond acceptors (Lipinski definition) is 4. The lowest BCUT2D eigenvalue weighted by Gasteiger charge is -2.03. The van der Waals surface area contributed by atoms with Gasteiger partial charge in [0.05, 0.1) is 5.56 Å². The van der Waals surface area contributed by atoms with Crippen LogP contribution >= 0.6 is 11.8 Å². The van der Waals surface area contributed by atoms with Gasteiger partial charge >= 0.3 is 0 Å². The normalized spacial score (nSPS) is 10.6. The molecule has 0 saturated heterocycles. The standard InChI is InChI=1S/C17H15N3OS/c1-20-17(22-12-13-5-3-2-4-6-13)15(11-21)16(19-20)14-7-9-18-10-8-14/h2-11H,12H2,1H3. The minimum Gasteiger partial charge on any atom is -0.298 e. The molecule has 0 aliphatic rings. The number of pyridine rings is 1. The Morgan fingerprint density at radius 1 is 1.14 bits per heavy atom. The SMILES string of the molecule is Cn1nc(-c2ccncc2)c(C=O)c1SCc1ccccc1. The van der Waals surface area contributed by atoms with E-state index in [2.05, 4.69) is 22.2 Å². The molecule has 0 spiro atoms. The molecule has 0 saturated carbocycles. The molecule has 0 bridgehead atoms. The van der Waals surface area contributed by atoms with Gasteiger partial charge in [0.2, 0.25) is 0 Å². The number of thioether (sulfide) groups is 1. The highest BCUT2D eigenvalue weighted by Crippen LogP contribution is 2.31. The molecule has 2 heterocycles. The number of aryl methyl sites for hydroxylation is 1. The van der Waals surface area contributed by atoms with Crippen LogP contribution in [0.4, 0.5) is 0 Å². The second kappa shape index (κ2) is 6.58. The van der Waals surface area contributed by atoms with Crippen LogP contribution in [0, 0.1) is 0 Å². The number of carbonyl (C=O) groups is 1. The summed E-state index contributed by atoms with van der Waals surface area (Å²) in [7, 11) is 1.87. The molecule has 0 amide bonds. The molecule has 0 radical (unpaired) electrons. The van der Waals surface area contributed by atoms with Gasteiger partial charge in [0.15, 0.2) is 6.29 Å². The Balaban J connectivity index is 1.92. The number of nitrogens with zero attached hydrogens (tertiary/aromatic N) is 3. The Morgan fingerprint density at radius 3 is 2.55 bits per heavy atom. The van der Waals surface area contributed by atoms with Gasteiger partial charge in [-0.05, 0) is 17.7 Å². The maximum Gasteiger partial charge on any atom is 0.155 e. The zero-order valence-corrected chi connectivity index (χ0v) is 13.0. The van der Waals surface area contributed by atoms with Crippen LogP contribution in [0.1, 0.15) is 15.9 Å². The highest BCUT2D eigenvalue weighted by Gasteiger charge is 2.17. The van der Waals surface area contributed by atoms with Crippen molar-refractivity contribution in [2.45, 2.75) is 10.8 Å². The molecule has 4 nitrogen and oxygen atoms in total. The molecule has 0 aliphatic carbocycles. The van der Waals surface area contributed by atoms with E-state index in [1.54, 1.807) is 28.8 Å². The van der Waals surface area contributed by atoms with E-state index >= 15 is 0 Å². The van der Waals surface area contributed by atoms with Crippen molar-refractivity contribution in [3.8, 4) is 11.3 Å². The fraction of sp³-hybridized carbons (Fsp3) is 0.118. The molecule has 5 heteroatoms. The van der Waals surface area contributed by atoms with Gasteiger partial charge in [-0.1, -0.05) is 30.3 Å². The van der Waals surface area contributed by atoms with Gasteiger partial charge < -0.3 is 0 Å².